The van der Waals surface area contributed by atoms with Crippen LogP contribution in [0.2, 0.25) is 0 Å². The quantitative estimate of drug-likeness (QED) is 0.745. The van der Waals surface area contributed by atoms with Crippen LogP contribution in [0.15, 0.2) is 6.20 Å². The molecule has 0 fully saturated rings. The van der Waals surface area contributed by atoms with E-state index in [1.54, 1.807) is 10.9 Å². The van der Waals surface area contributed by atoms with Crippen LogP contribution in [0.4, 0.5) is 5.13 Å². The van der Waals surface area contributed by atoms with Gasteiger partial charge in [0.2, 0.25) is 11.0 Å². The molecule has 0 saturated carbocycles. The van der Waals surface area contributed by atoms with E-state index in [0.717, 1.165) is 41.1 Å². The Morgan fingerprint density at radius 1 is 1.30 bits per heavy atom. The van der Waals surface area contributed by atoms with Crippen LogP contribution in [0, 0.1) is 6.92 Å². The van der Waals surface area contributed by atoms with Crippen LogP contribution >= 0.6 is 11.3 Å². The van der Waals surface area contributed by atoms with E-state index < -0.39 is 0 Å². The molecule has 0 aliphatic carbocycles. The van der Waals surface area contributed by atoms with Crippen LogP contribution in [0.5, 0.6) is 0 Å². The maximum absolute atomic E-state index is 12.2. The number of hydrogen-bond donors (Lipinski definition) is 1. The molecule has 0 radical (unpaired) electrons. The Hall–Kier alpha value is -2.29. The summed E-state index contributed by atoms with van der Waals surface area (Å²) in [6.07, 6.45) is 3.63. The van der Waals surface area contributed by atoms with Crippen LogP contribution in [-0.4, -0.2) is 35.7 Å². The van der Waals surface area contributed by atoms with Gasteiger partial charge in [0.1, 0.15) is 22.6 Å². The summed E-state index contributed by atoms with van der Waals surface area (Å²) in [5.41, 5.74) is 2.71. The molecule has 122 valence electrons. The van der Waals surface area contributed by atoms with Crippen molar-refractivity contribution in [3.63, 3.8) is 0 Å². The topological polar surface area (TPSA) is 90.5 Å². The average Bonchev–Trinajstić information content (AvgIpc) is 3.19. The van der Waals surface area contributed by atoms with E-state index in [2.05, 4.69) is 32.6 Å². The van der Waals surface area contributed by atoms with Crippen molar-refractivity contribution in [3.05, 3.63) is 16.9 Å². The second kappa shape index (κ2) is 6.45. The molecular weight excluding hydrogens is 314 g/mol. The van der Waals surface area contributed by atoms with E-state index in [4.69, 9.17) is 0 Å². The molecule has 0 unspecified atom stereocenters. The van der Waals surface area contributed by atoms with Crippen LogP contribution < -0.4 is 5.32 Å². The smallest absolute Gasteiger partial charge is 0.247 e. The summed E-state index contributed by atoms with van der Waals surface area (Å²) in [6.45, 7) is 6.93. The molecule has 1 amide bonds. The predicted molar refractivity (Wildman–Crippen MR) is 88.5 cm³/mol. The summed E-state index contributed by atoms with van der Waals surface area (Å²) in [4.78, 5) is 12.2. The third kappa shape index (κ3) is 3.09. The molecule has 3 heterocycles. The molecule has 0 aromatic carbocycles. The van der Waals surface area contributed by atoms with E-state index in [0.29, 0.717) is 5.13 Å². The molecule has 3 aromatic heterocycles. The monoisotopic (exact) mass is 333 g/mol. The van der Waals surface area contributed by atoms with Gasteiger partial charge < -0.3 is 0 Å². The van der Waals surface area contributed by atoms with Gasteiger partial charge in [0.05, 0.1) is 11.9 Å². The van der Waals surface area contributed by atoms with E-state index in [1.807, 2.05) is 18.5 Å². The number of hydrogen-bond acceptors (Lipinski definition) is 6. The highest BCUT2D eigenvalue weighted by Gasteiger charge is 2.15. The molecule has 0 spiro atoms. The number of nitrogens with zero attached hydrogens (tertiary/aromatic N) is 6. The highest BCUT2D eigenvalue weighted by molar-refractivity contribution is 7.15. The SMILES string of the molecule is CCCc1nnc(NC(=O)Cn2ncc3c2c(C)nn3CC)s1. The third-order valence-electron chi connectivity index (χ3n) is 3.48. The number of carbonyl (C=O) groups is 1. The first-order valence-electron chi connectivity index (χ1n) is 7.63. The van der Waals surface area contributed by atoms with E-state index >= 15 is 0 Å². The number of rotatable bonds is 6. The zero-order chi connectivity index (χ0) is 16.4. The Labute approximate surface area is 137 Å². The number of carbonyl (C=O) groups excluding carboxylic acids is 1. The van der Waals surface area contributed by atoms with Crippen molar-refractivity contribution in [2.75, 3.05) is 5.32 Å². The van der Waals surface area contributed by atoms with Crippen molar-refractivity contribution in [3.8, 4) is 0 Å². The van der Waals surface area contributed by atoms with Crippen molar-refractivity contribution < 1.29 is 4.79 Å². The van der Waals surface area contributed by atoms with Crippen molar-refractivity contribution in [2.45, 2.75) is 46.7 Å². The molecule has 0 bridgehead atoms. The van der Waals surface area contributed by atoms with E-state index in [9.17, 15) is 4.79 Å². The summed E-state index contributed by atoms with van der Waals surface area (Å²) in [5, 5.41) is 21.0. The summed E-state index contributed by atoms with van der Waals surface area (Å²) >= 11 is 1.41. The van der Waals surface area contributed by atoms with Gasteiger partial charge in [0.25, 0.3) is 0 Å². The summed E-state index contributed by atoms with van der Waals surface area (Å²) in [7, 11) is 0. The lowest BCUT2D eigenvalue weighted by atomic mass is 10.4. The maximum atomic E-state index is 12.2. The Morgan fingerprint density at radius 2 is 2.13 bits per heavy atom. The molecule has 3 aromatic rings. The minimum absolute atomic E-state index is 0.127. The molecule has 1 N–H and O–H groups in total. The Bertz CT molecular complexity index is 832. The maximum Gasteiger partial charge on any atom is 0.247 e. The fraction of sp³-hybridized carbons (Fsp3) is 0.500. The molecular formula is C14H19N7OS. The third-order valence-corrected chi connectivity index (χ3v) is 4.38. The molecule has 0 saturated heterocycles. The van der Waals surface area contributed by atoms with Gasteiger partial charge in [0.15, 0.2) is 0 Å². The zero-order valence-electron chi connectivity index (χ0n) is 13.4. The van der Waals surface area contributed by atoms with Gasteiger partial charge in [-0.05, 0) is 20.3 Å². The average molecular weight is 333 g/mol. The van der Waals surface area contributed by atoms with Crippen molar-refractivity contribution in [2.24, 2.45) is 0 Å². The number of anilines is 1. The van der Waals surface area contributed by atoms with Crippen molar-refractivity contribution >= 4 is 33.4 Å². The number of aromatic nitrogens is 6. The molecule has 0 atom stereocenters. The molecule has 3 rings (SSSR count). The molecule has 23 heavy (non-hydrogen) atoms. The molecule has 0 aliphatic rings. The predicted octanol–water partition coefficient (Wildman–Crippen LogP) is 2.00. The summed E-state index contributed by atoms with van der Waals surface area (Å²) in [5.74, 6) is -0.169. The van der Waals surface area contributed by atoms with Crippen molar-refractivity contribution in [1.29, 1.82) is 0 Å². The summed E-state index contributed by atoms with van der Waals surface area (Å²) in [6, 6.07) is 0. The molecule has 9 heteroatoms. The highest BCUT2D eigenvalue weighted by atomic mass is 32.1. The van der Waals surface area contributed by atoms with Gasteiger partial charge in [-0.3, -0.25) is 19.5 Å². The Balaban J connectivity index is 1.73. The molecule has 8 nitrogen and oxygen atoms in total. The number of aryl methyl sites for hydroxylation is 3. The van der Waals surface area contributed by atoms with Crippen LogP contribution in [0.25, 0.3) is 11.0 Å². The van der Waals surface area contributed by atoms with Crippen LogP contribution in [0.1, 0.15) is 31.0 Å². The number of nitrogens with one attached hydrogen (secondary N) is 1. The zero-order valence-corrected chi connectivity index (χ0v) is 14.2. The lowest BCUT2D eigenvalue weighted by Gasteiger charge is -2.02. The van der Waals surface area contributed by atoms with Gasteiger partial charge in [-0.15, -0.1) is 10.2 Å². The van der Waals surface area contributed by atoms with Gasteiger partial charge in [-0.25, -0.2) is 0 Å². The lowest BCUT2D eigenvalue weighted by molar-refractivity contribution is -0.116. The van der Waals surface area contributed by atoms with Gasteiger partial charge in [-0.1, -0.05) is 18.3 Å². The summed E-state index contributed by atoms with van der Waals surface area (Å²) < 4.78 is 3.56. The van der Waals surface area contributed by atoms with Gasteiger partial charge in [-0.2, -0.15) is 10.2 Å². The Morgan fingerprint density at radius 3 is 2.87 bits per heavy atom. The van der Waals surface area contributed by atoms with E-state index in [1.165, 1.54) is 11.3 Å². The molecule has 0 aliphatic heterocycles. The van der Waals surface area contributed by atoms with Crippen LogP contribution in [0.3, 0.4) is 0 Å². The standard InChI is InChI=1S/C14H19N7OS/c1-4-6-12-17-18-14(23-12)16-11(22)8-21-13-9(3)19-20(5-2)10(13)7-15-21/h7H,4-6,8H2,1-3H3,(H,16,18,22). The Kier molecular flexibility index (Phi) is 4.37. The number of fused-ring (bicyclic) bond motifs is 1. The van der Waals surface area contributed by atoms with E-state index in [-0.39, 0.29) is 12.5 Å². The second-order valence-electron chi connectivity index (χ2n) is 5.24. The van der Waals surface area contributed by atoms with Gasteiger partial charge >= 0.3 is 0 Å². The minimum Gasteiger partial charge on any atom is -0.299 e. The fourth-order valence-electron chi connectivity index (χ4n) is 2.49. The van der Waals surface area contributed by atoms with Gasteiger partial charge in [0, 0.05) is 13.0 Å². The second-order valence-corrected chi connectivity index (χ2v) is 6.30. The van der Waals surface area contributed by atoms with Crippen molar-refractivity contribution in [1.82, 2.24) is 29.8 Å². The number of amides is 1. The first-order chi connectivity index (χ1) is 11.1. The largest absolute Gasteiger partial charge is 0.299 e. The normalized spacial score (nSPS) is 11.3. The first-order valence-corrected chi connectivity index (χ1v) is 8.45. The first kappa shape index (κ1) is 15.6. The van der Waals surface area contributed by atoms with Crippen LogP contribution in [-0.2, 0) is 24.3 Å². The highest BCUT2D eigenvalue weighted by Crippen LogP contribution is 2.19. The fourth-order valence-corrected chi connectivity index (χ4v) is 3.35. The lowest BCUT2D eigenvalue weighted by Crippen LogP contribution is -2.19. The minimum atomic E-state index is -0.169.